The summed E-state index contributed by atoms with van der Waals surface area (Å²) in [6, 6.07) is 15.5. The molecule has 0 aromatic heterocycles. The zero-order valence-corrected chi connectivity index (χ0v) is 19.4. The van der Waals surface area contributed by atoms with E-state index in [1.54, 1.807) is 54.6 Å². The van der Waals surface area contributed by atoms with Crippen LogP contribution in [0.1, 0.15) is 21.5 Å². The predicted octanol–water partition coefficient (Wildman–Crippen LogP) is 5.84. The highest BCUT2D eigenvalue weighted by Gasteiger charge is 2.13. The first kappa shape index (κ1) is 24.4. The van der Waals surface area contributed by atoms with Crippen molar-refractivity contribution >= 4 is 23.6 Å². The monoisotopic (exact) mass is 463 g/mol. The highest BCUT2D eigenvalue weighted by molar-refractivity contribution is 6.04. The molecule has 176 valence electrons. The molecule has 0 saturated carbocycles. The van der Waals surface area contributed by atoms with Gasteiger partial charge in [-0.15, -0.1) is 0 Å². The van der Waals surface area contributed by atoms with E-state index in [1.807, 2.05) is 6.07 Å². The average molecular weight is 464 g/mol. The van der Waals surface area contributed by atoms with Crippen LogP contribution in [0.25, 0.3) is 12.2 Å². The maximum absolute atomic E-state index is 14.7. The fraction of sp³-hybridized carbons (Fsp3) is 0.148. The molecule has 3 aromatic rings. The second-order valence-electron chi connectivity index (χ2n) is 7.08. The third kappa shape index (κ3) is 5.75. The Morgan fingerprint density at radius 1 is 0.794 bits per heavy atom. The second-order valence-corrected chi connectivity index (χ2v) is 7.08. The van der Waals surface area contributed by atoms with Crippen LogP contribution in [0, 0.1) is 5.82 Å². The number of hydrogen-bond acceptors (Lipinski definition) is 6. The first-order valence-corrected chi connectivity index (χ1v) is 10.4. The van der Waals surface area contributed by atoms with Crippen molar-refractivity contribution in [3.05, 3.63) is 89.4 Å². The lowest BCUT2D eigenvalue weighted by Crippen LogP contribution is -1.99. The number of ether oxygens (including phenoxy) is 4. The summed E-state index contributed by atoms with van der Waals surface area (Å²) in [5, 5.41) is 2.94. The number of rotatable bonds is 10. The van der Waals surface area contributed by atoms with Crippen molar-refractivity contribution in [2.24, 2.45) is 0 Å². The molecule has 3 rings (SSSR count). The summed E-state index contributed by atoms with van der Waals surface area (Å²) in [5.41, 5.74) is 2.29. The molecule has 0 saturated heterocycles. The third-order valence-electron chi connectivity index (χ3n) is 4.96. The van der Waals surface area contributed by atoms with Crippen molar-refractivity contribution in [3.8, 4) is 23.0 Å². The smallest absolute Gasteiger partial charge is 0.203 e. The molecule has 0 spiro atoms. The van der Waals surface area contributed by atoms with Crippen molar-refractivity contribution in [3.63, 3.8) is 0 Å². The molecule has 34 heavy (non-hydrogen) atoms. The molecule has 0 radical (unpaired) electrons. The van der Waals surface area contributed by atoms with E-state index in [4.69, 9.17) is 18.9 Å². The molecule has 0 heterocycles. The fourth-order valence-corrected chi connectivity index (χ4v) is 3.32. The quantitative estimate of drug-likeness (QED) is 0.232. The van der Waals surface area contributed by atoms with Gasteiger partial charge in [-0.2, -0.15) is 0 Å². The maximum atomic E-state index is 14.7. The van der Waals surface area contributed by atoms with Crippen LogP contribution in [0.4, 0.5) is 10.1 Å². The Morgan fingerprint density at radius 3 is 1.94 bits per heavy atom. The second kappa shape index (κ2) is 11.6. The topological polar surface area (TPSA) is 66.0 Å². The summed E-state index contributed by atoms with van der Waals surface area (Å²) in [6.07, 6.45) is 6.38. The zero-order valence-electron chi connectivity index (χ0n) is 19.4. The predicted molar refractivity (Wildman–Crippen MR) is 132 cm³/mol. The number of benzene rings is 3. The Hall–Kier alpha value is -4.26. The zero-order chi connectivity index (χ0) is 24.5. The Kier molecular flexibility index (Phi) is 8.29. The van der Waals surface area contributed by atoms with Crippen molar-refractivity contribution in [1.82, 2.24) is 0 Å². The highest BCUT2D eigenvalue weighted by atomic mass is 19.1. The van der Waals surface area contributed by atoms with E-state index in [2.05, 4.69) is 5.32 Å². The van der Waals surface area contributed by atoms with Crippen molar-refractivity contribution in [1.29, 1.82) is 0 Å². The van der Waals surface area contributed by atoms with Gasteiger partial charge in [0.25, 0.3) is 0 Å². The summed E-state index contributed by atoms with van der Waals surface area (Å²) in [7, 11) is 6.00. The number of ketones is 1. The molecule has 0 aliphatic carbocycles. The van der Waals surface area contributed by atoms with Gasteiger partial charge in [0.15, 0.2) is 28.8 Å². The minimum absolute atomic E-state index is 0.0433. The van der Waals surface area contributed by atoms with Gasteiger partial charge in [-0.25, -0.2) is 4.39 Å². The van der Waals surface area contributed by atoms with E-state index in [1.165, 1.54) is 46.8 Å². The SMILES string of the molecule is COc1cc(C=Cc2cc(F)c(OC)c(N/C=C\C(=O)c3ccccc3)c2)cc(OC)c1OC. The summed E-state index contributed by atoms with van der Waals surface area (Å²) in [5.74, 6) is 0.838. The van der Waals surface area contributed by atoms with Gasteiger partial charge in [0.05, 0.1) is 34.1 Å². The van der Waals surface area contributed by atoms with Gasteiger partial charge >= 0.3 is 0 Å². The molecule has 0 aliphatic heterocycles. The molecule has 3 aromatic carbocycles. The molecule has 0 unspecified atom stereocenters. The van der Waals surface area contributed by atoms with Crippen LogP contribution in [-0.2, 0) is 0 Å². The Bertz CT molecular complexity index is 1180. The average Bonchev–Trinajstić information content (AvgIpc) is 2.87. The van der Waals surface area contributed by atoms with E-state index < -0.39 is 5.82 Å². The molecule has 0 aliphatic rings. The lowest BCUT2D eigenvalue weighted by Gasteiger charge is -2.13. The molecular formula is C27H26FNO5. The standard InChI is InChI=1S/C27H26FNO5/c1-31-24-16-19(17-25(32-2)27(24)34-4)11-10-18-14-21(28)26(33-3)22(15-18)29-13-12-23(30)20-8-6-5-7-9-20/h5-17,29H,1-4H3/b11-10?,13-12-. The Balaban J connectivity index is 1.86. The number of allylic oxidation sites excluding steroid dienone is 1. The molecule has 0 fully saturated rings. The summed E-state index contributed by atoms with van der Waals surface area (Å²) in [6.45, 7) is 0. The minimum atomic E-state index is -0.542. The lowest BCUT2D eigenvalue weighted by molar-refractivity contribution is 0.104. The summed E-state index contributed by atoms with van der Waals surface area (Å²) < 4.78 is 36.0. The van der Waals surface area contributed by atoms with Gasteiger partial charge in [-0.1, -0.05) is 42.5 Å². The number of carbonyl (C=O) groups excluding carboxylic acids is 1. The number of hydrogen-bond donors (Lipinski definition) is 1. The van der Waals surface area contributed by atoms with Crippen LogP contribution in [0.15, 0.2) is 66.9 Å². The van der Waals surface area contributed by atoms with Crippen molar-refractivity contribution in [2.75, 3.05) is 33.8 Å². The van der Waals surface area contributed by atoms with E-state index in [9.17, 15) is 9.18 Å². The molecule has 1 N–H and O–H groups in total. The molecule has 0 bridgehead atoms. The Labute approximate surface area is 198 Å². The molecular weight excluding hydrogens is 437 g/mol. The third-order valence-corrected chi connectivity index (χ3v) is 4.96. The highest BCUT2D eigenvalue weighted by Crippen LogP contribution is 2.39. The molecule has 6 nitrogen and oxygen atoms in total. The summed E-state index contributed by atoms with van der Waals surface area (Å²) in [4.78, 5) is 12.3. The molecule has 0 amide bonds. The largest absolute Gasteiger partial charge is 0.493 e. The molecule has 0 atom stereocenters. The van der Waals surface area contributed by atoms with Gasteiger partial charge in [0.1, 0.15) is 0 Å². The number of halogens is 1. The fourth-order valence-electron chi connectivity index (χ4n) is 3.32. The maximum Gasteiger partial charge on any atom is 0.203 e. The Morgan fingerprint density at radius 2 is 1.38 bits per heavy atom. The first-order valence-electron chi connectivity index (χ1n) is 10.4. The number of anilines is 1. The van der Waals surface area contributed by atoms with E-state index >= 15 is 0 Å². The van der Waals surface area contributed by atoms with Crippen LogP contribution in [-0.4, -0.2) is 34.2 Å². The molecule has 7 heteroatoms. The van der Waals surface area contributed by atoms with Gasteiger partial charge in [0.2, 0.25) is 5.75 Å². The van der Waals surface area contributed by atoms with Gasteiger partial charge in [-0.3, -0.25) is 4.79 Å². The van der Waals surface area contributed by atoms with Crippen molar-refractivity contribution in [2.45, 2.75) is 0 Å². The van der Waals surface area contributed by atoms with Crippen LogP contribution in [0.5, 0.6) is 23.0 Å². The number of carbonyl (C=O) groups is 1. The van der Waals surface area contributed by atoms with Crippen LogP contribution < -0.4 is 24.3 Å². The van der Waals surface area contributed by atoms with E-state index in [0.29, 0.717) is 34.1 Å². The summed E-state index contributed by atoms with van der Waals surface area (Å²) >= 11 is 0. The van der Waals surface area contributed by atoms with Gasteiger partial charge < -0.3 is 24.3 Å². The van der Waals surface area contributed by atoms with Crippen LogP contribution >= 0.6 is 0 Å². The minimum Gasteiger partial charge on any atom is -0.493 e. The van der Waals surface area contributed by atoms with Crippen LogP contribution in [0.3, 0.4) is 0 Å². The van der Waals surface area contributed by atoms with Crippen molar-refractivity contribution < 1.29 is 28.1 Å². The van der Waals surface area contributed by atoms with E-state index in [0.717, 1.165) is 5.56 Å². The number of methoxy groups -OCH3 is 4. The lowest BCUT2D eigenvalue weighted by atomic mass is 10.1. The van der Waals surface area contributed by atoms with Crippen LogP contribution in [0.2, 0.25) is 0 Å². The van der Waals surface area contributed by atoms with E-state index in [-0.39, 0.29) is 11.5 Å². The number of nitrogens with one attached hydrogen (secondary N) is 1. The normalized spacial score (nSPS) is 11.0. The van der Waals surface area contributed by atoms with Gasteiger partial charge in [0, 0.05) is 17.8 Å². The van der Waals surface area contributed by atoms with Gasteiger partial charge in [-0.05, 0) is 35.4 Å². The first-order chi connectivity index (χ1) is 16.5.